The minimum atomic E-state index is -1.11. The summed E-state index contributed by atoms with van der Waals surface area (Å²) in [4.78, 5) is 39.4. The molecule has 0 aliphatic heterocycles. The van der Waals surface area contributed by atoms with Gasteiger partial charge >= 0.3 is 12.1 Å². The lowest BCUT2D eigenvalue weighted by atomic mass is 9.98. The van der Waals surface area contributed by atoms with Crippen LogP contribution in [0.4, 0.5) is 4.79 Å². The van der Waals surface area contributed by atoms with Crippen LogP contribution in [-0.4, -0.2) is 60.3 Å². The van der Waals surface area contributed by atoms with E-state index in [2.05, 4.69) is 34.9 Å². The highest BCUT2D eigenvalue weighted by Crippen LogP contribution is 2.44. The van der Waals surface area contributed by atoms with E-state index in [-0.39, 0.29) is 31.4 Å². The van der Waals surface area contributed by atoms with E-state index in [1.54, 1.807) is 0 Å². The van der Waals surface area contributed by atoms with Crippen molar-refractivity contribution in [2.24, 2.45) is 5.92 Å². The lowest BCUT2D eigenvalue weighted by Crippen LogP contribution is -2.50. The molecule has 4 rings (SSSR count). The zero-order valence-corrected chi connectivity index (χ0v) is 23.2. The highest BCUT2D eigenvalue weighted by molar-refractivity contribution is 5.84. The van der Waals surface area contributed by atoms with Gasteiger partial charge in [-0.25, -0.2) is 9.59 Å². The van der Waals surface area contributed by atoms with Crippen LogP contribution in [0.5, 0.6) is 0 Å². The second-order valence-corrected chi connectivity index (χ2v) is 10.7. The zero-order valence-electron chi connectivity index (χ0n) is 23.2. The first kappa shape index (κ1) is 28.8. The summed E-state index contributed by atoms with van der Waals surface area (Å²) < 4.78 is 5.65. The molecule has 0 bridgehead atoms. The lowest BCUT2D eigenvalue weighted by Gasteiger charge is -2.25. The lowest BCUT2D eigenvalue weighted by molar-refractivity contribution is -0.142. The van der Waals surface area contributed by atoms with Crippen LogP contribution in [0.2, 0.25) is 0 Å². The fourth-order valence-corrected chi connectivity index (χ4v) is 5.15. The third-order valence-electron chi connectivity index (χ3n) is 7.28. The van der Waals surface area contributed by atoms with Gasteiger partial charge in [0, 0.05) is 31.5 Å². The standard InChI is InChI=1S/C32H37N3O5/c1-21(2)28(17-30(36)33-29(31(37)38)19-35(3)18-22-11-5-4-6-12-22)34-32(39)40-20-27-25-15-9-7-13-23(25)24-14-8-10-16-26(24)27/h4-16,21,27-29H,17-20H2,1-3H3,(H,33,36)(H,34,39)(H,37,38)/t28-,29?/m0/s1. The first-order chi connectivity index (χ1) is 19.2. The third-order valence-corrected chi connectivity index (χ3v) is 7.28. The fourth-order valence-electron chi connectivity index (χ4n) is 5.15. The molecule has 0 saturated heterocycles. The maximum atomic E-state index is 12.9. The first-order valence-corrected chi connectivity index (χ1v) is 13.6. The van der Waals surface area contributed by atoms with Gasteiger partial charge < -0.3 is 20.5 Å². The van der Waals surface area contributed by atoms with Crippen LogP contribution in [0.3, 0.4) is 0 Å². The minimum absolute atomic E-state index is 0.0615. The van der Waals surface area contributed by atoms with Crippen molar-refractivity contribution in [2.75, 3.05) is 20.2 Å². The molecule has 0 saturated carbocycles. The SMILES string of the molecule is CC(C)[C@H](CC(=O)NC(CN(C)Cc1ccccc1)C(=O)O)NC(=O)OCC1c2ccccc2-c2ccccc21. The van der Waals surface area contributed by atoms with Crippen molar-refractivity contribution < 1.29 is 24.2 Å². The summed E-state index contributed by atoms with van der Waals surface area (Å²) in [6.07, 6.45) is -0.667. The van der Waals surface area contributed by atoms with Gasteiger partial charge in [0.2, 0.25) is 5.91 Å². The summed E-state index contributed by atoms with van der Waals surface area (Å²) in [6, 6.07) is 24.3. The highest BCUT2D eigenvalue weighted by Gasteiger charge is 2.30. The number of fused-ring (bicyclic) bond motifs is 3. The number of aliphatic carboxylic acids is 1. The molecule has 3 aromatic rings. The molecular weight excluding hydrogens is 506 g/mol. The molecular formula is C32H37N3O5. The molecule has 210 valence electrons. The van der Waals surface area contributed by atoms with Crippen molar-refractivity contribution in [1.82, 2.24) is 15.5 Å². The van der Waals surface area contributed by atoms with Crippen LogP contribution in [-0.2, 0) is 20.9 Å². The number of nitrogens with one attached hydrogen (secondary N) is 2. The summed E-state index contributed by atoms with van der Waals surface area (Å²) in [5.74, 6) is -1.70. The minimum Gasteiger partial charge on any atom is -0.480 e. The van der Waals surface area contributed by atoms with Gasteiger partial charge in [0.25, 0.3) is 0 Å². The number of hydrogen-bond acceptors (Lipinski definition) is 5. The number of hydrogen-bond donors (Lipinski definition) is 3. The van der Waals surface area contributed by atoms with Crippen molar-refractivity contribution >= 4 is 18.0 Å². The molecule has 1 unspecified atom stereocenters. The summed E-state index contributed by atoms with van der Waals surface area (Å²) in [5.41, 5.74) is 5.58. The van der Waals surface area contributed by atoms with Gasteiger partial charge in [-0.3, -0.25) is 9.69 Å². The molecule has 8 heteroatoms. The third kappa shape index (κ3) is 7.27. The Labute approximate surface area is 235 Å². The van der Waals surface area contributed by atoms with Crippen LogP contribution in [0, 0.1) is 5.92 Å². The van der Waals surface area contributed by atoms with Crippen molar-refractivity contribution in [1.29, 1.82) is 0 Å². The van der Waals surface area contributed by atoms with Gasteiger partial charge in [0.1, 0.15) is 12.6 Å². The quantitative estimate of drug-likeness (QED) is 0.307. The van der Waals surface area contributed by atoms with Crippen LogP contribution in [0.25, 0.3) is 11.1 Å². The van der Waals surface area contributed by atoms with Crippen LogP contribution < -0.4 is 10.6 Å². The second-order valence-electron chi connectivity index (χ2n) is 10.7. The van der Waals surface area contributed by atoms with Gasteiger partial charge in [0.15, 0.2) is 0 Å². The van der Waals surface area contributed by atoms with E-state index < -0.39 is 30.1 Å². The Kier molecular flexibility index (Phi) is 9.56. The number of alkyl carbamates (subject to hydrolysis) is 1. The molecule has 0 heterocycles. The molecule has 40 heavy (non-hydrogen) atoms. The van der Waals surface area contributed by atoms with Gasteiger partial charge in [-0.15, -0.1) is 0 Å². The fraction of sp³-hybridized carbons (Fsp3) is 0.344. The molecule has 2 atom stereocenters. The topological polar surface area (TPSA) is 108 Å². The number of likely N-dealkylation sites (N-methyl/N-ethyl adjacent to an activating group) is 1. The number of ether oxygens (including phenoxy) is 1. The molecule has 3 aromatic carbocycles. The Bertz CT molecular complexity index is 1280. The Morgan fingerprint density at radius 1 is 0.875 bits per heavy atom. The number of benzene rings is 3. The summed E-state index contributed by atoms with van der Waals surface area (Å²) in [7, 11) is 1.81. The molecule has 0 aromatic heterocycles. The highest BCUT2D eigenvalue weighted by atomic mass is 16.5. The van der Waals surface area contributed by atoms with Crippen molar-refractivity contribution in [3.8, 4) is 11.1 Å². The Morgan fingerprint density at radius 3 is 2.02 bits per heavy atom. The molecule has 8 nitrogen and oxygen atoms in total. The number of amides is 2. The molecule has 1 aliphatic carbocycles. The first-order valence-electron chi connectivity index (χ1n) is 13.6. The average molecular weight is 544 g/mol. The van der Waals surface area contributed by atoms with Crippen LogP contribution >= 0.6 is 0 Å². The smallest absolute Gasteiger partial charge is 0.407 e. The van der Waals surface area contributed by atoms with Crippen molar-refractivity contribution in [2.45, 2.75) is 44.8 Å². The van der Waals surface area contributed by atoms with E-state index in [4.69, 9.17) is 4.74 Å². The molecule has 1 aliphatic rings. The monoisotopic (exact) mass is 543 g/mol. The summed E-state index contributed by atoms with van der Waals surface area (Å²) in [5, 5.41) is 15.1. The van der Waals surface area contributed by atoms with Crippen molar-refractivity contribution in [3.05, 3.63) is 95.6 Å². The largest absolute Gasteiger partial charge is 0.480 e. The molecule has 0 spiro atoms. The van der Waals surface area contributed by atoms with E-state index in [9.17, 15) is 19.5 Å². The van der Waals surface area contributed by atoms with E-state index >= 15 is 0 Å². The predicted molar refractivity (Wildman–Crippen MR) is 154 cm³/mol. The van der Waals surface area contributed by atoms with E-state index in [0.717, 1.165) is 27.8 Å². The Hall–Kier alpha value is -4.17. The Morgan fingerprint density at radius 2 is 1.45 bits per heavy atom. The van der Waals surface area contributed by atoms with Gasteiger partial charge in [-0.05, 0) is 40.8 Å². The molecule has 2 amide bonds. The maximum absolute atomic E-state index is 12.9. The molecule has 0 fully saturated rings. The van der Waals surface area contributed by atoms with Gasteiger partial charge in [0.05, 0.1) is 0 Å². The van der Waals surface area contributed by atoms with E-state index in [1.807, 2.05) is 80.4 Å². The van der Waals surface area contributed by atoms with Gasteiger partial charge in [-0.2, -0.15) is 0 Å². The normalized spacial score (nSPS) is 13.8. The number of carbonyl (C=O) groups excluding carboxylic acids is 2. The number of rotatable bonds is 12. The predicted octanol–water partition coefficient (Wildman–Crippen LogP) is 4.64. The second kappa shape index (κ2) is 13.3. The average Bonchev–Trinajstić information content (AvgIpc) is 3.25. The Balaban J connectivity index is 1.31. The van der Waals surface area contributed by atoms with Gasteiger partial charge in [-0.1, -0.05) is 92.7 Å². The van der Waals surface area contributed by atoms with Crippen LogP contribution in [0.15, 0.2) is 78.9 Å². The summed E-state index contributed by atoms with van der Waals surface area (Å²) >= 11 is 0. The maximum Gasteiger partial charge on any atom is 0.407 e. The van der Waals surface area contributed by atoms with E-state index in [1.165, 1.54) is 0 Å². The number of nitrogens with zero attached hydrogens (tertiary/aromatic N) is 1. The van der Waals surface area contributed by atoms with E-state index in [0.29, 0.717) is 6.54 Å². The zero-order chi connectivity index (χ0) is 28.6. The number of carboxylic acids is 1. The number of carboxylic acid groups (broad SMARTS) is 1. The number of carbonyl (C=O) groups is 3. The summed E-state index contributed by atoms with van der Waals surface area (Å²) in [6.45, 7) is 4.65. The molecule has 3 N–H and O–H groups in total. The molecule has 0 radical (unpaired) electrons. The van der Waals surface area contributed by atoms with Crippen molar-refractivity contribution in [3.63, 3.8) is 0 Å². The van der Waals surface area contributed by atoms with Crippen LogP contribution in [0.1, 0.15) is 42.9 Å².